The lowest BCUT2D eigenvalue weighted by Gasteiger charge is -2.18. The van der Waals surface area contributed by atoms with Crippen LogP contribution in [-0.2, 0) is 6.42 Å². The molecule has 1 N–H and O–H groups in total. The first-order valence-corrected chi connectivity index (χ1v) is 8.31. The van der Waals surface area contributed by atoms with E-state index in [9.17, 15) is 0 Å². The minimum Gasteiger partial charge on any atom is -0.313 e. The highest BCUT2D eigenvalue weighted by atomic mass is 35.5. The Bertz CT molecular complexity index is 577. The fourth-order valence-electron chi connectivity index (χ4n) is 2.44. The number of thiazole rings is 1. The third-order valence-electron chi connectivity index (χ3n) is 3.69. The third kappa shape index (κ3) is 3.60. The Labute approximate surface area is 129 Å². The highest BCUT2D eigenvalue weighted by molar-refractivity contribution is 7.11. The average Bonchev–Trinajstić information content (AvgIpc) is 3.18. The van der Waals surface area contributed by atoms with Gasteiger partial charge in [0.1, 0.15) is 0 Å². The van der Waals surface area contributed by atoms with Crippen molar-refractivity contribution in [2.75, 3.05) is 6.54 Å². The van der Waals surface area contributed by atoms with E-state index in [1.807, 2.05) is 18.3 Å². The Balaban J connectivity index is 1.77. The van der Waals surface area contributed by atoms with Gasteiger partial charge in [-0.1, -0.05) is 29.8 Å². The molecule has 1 aliphatic rings. The van der Waals surface area contributed by atoms with Gasteiger partial charge in [0.2, 0.25) is 0 Å². The molecule has 2 nitrogen and oxygen atoms in total. The largest absolute Gasteiger partial charge is 0.313 e. The summed E-state index contributed by atoms with van der Waals surface area (Å²) in [7, 11) is 0. The molecule has 0 saturated heterocycles. The number of aromatic nitrogens is 1. The molecule has 1 aromatic heterocycles. The molecule has 0 radical (unpaired) electrons. The molecule has 1 aliphatic carbocycles. The van der Waals surface area contributed by atoms with E-state index in [1.54, 1.807) is 11.3 Å². The fourth-order valence-corrected chi connectivity index (χ4v) is 3.60. The van der Waals surface area contributed by atoms with E-state index in [2.05, 4.69) is 29.4 Å². The van der Waals surface area contributed by atoms with Gasteiger partial charge in [-0.05, 0) is 37.8 Å². The molecule has 1 fully saturated rings. The second-order valence-electron chi connectivity index (χ2n) is 5.45. The topological polar surface area (TPSA) is 24.9 Å². The van der Waals surface area contributed by atoms with Crippen LogP contribution >= 0.6 is 22.9 Å². The van der Waals surface area contributed by atoms with Gasteiger partial charge in [0, 0.05) is 34.6 Å². The monoisotopic (exact) mass is 306 g/mol. The van der Waals surface area contributed by atoms with Crippen LogP contribution < -0.4 is 5.32 Å². The summed E-state index contributed by atoms with van der Waals surface area (Å²) in [5.41, 5.74) is 1.24. The second-order valence-corrected chi connectivity index (χ2v) is 7.18. The lowest BCUT2D eigenvalue weighted by molar-refractivity contribution is 0.580. The molecule has 0 bridgehead atoms. The summed E-state index contributed by atoms with van der Waals surface area (Å²) in [6.45, 7) is 3.05. The van der Waals surface area contributed by atoms with Crippen molar-refractivity contribution >= 4 is 22.9 Å². The molecule has 1 heterocycles. The van der Waals surface area contributed by atoms with Crippen LogP contribution in [-0.4, -0.2) is 17.6 Å². The van der Waals surface area contributed by atoms with E-state index in [0.717, 1.165) is 29.0 Å². The van der Waals surface area contributed by atoms with Gasteiger partial charge in [-0.15, -0.1) is 11.3 Å². The van der Waals surface area contributed by atoms with Crippen molar-refractivity contribution in [3.05, 3.63) is 50.9 Å². The van der Waals surface area contributed by atoms with Gasteiger partial charge in [-0.2, -0.15) is 0 Å². The lowest BCUT2D eigenvalue weighted by Crippen LogP contribution is -2.24. The van der Waals surface area contributed by atoms with Crippen molar-refractivity contribution < 1.29 is 0 Å². The molecule has 3 rings (SSSR count). The van der Waals surface area contributed by atoms with Crippen molar-refractivity contribution in [3.63, 3.8) is 0 Å². The number of rotatable bonds is 6. The minimum atomic E-state index is 0.421. The lowest BCUT2D eigenvalue weighted by atomic mass is 9.95. The van der Waals surface area contributed by atoms with Crippen molar-refractivity contribution in [3.8, 4) is 0 Å². The van der Waals surface area contributed by atoms with Gasteiger partial charge in [-0.25, -0.2) is 4.98 Å². The summed E-state index contributed by atoms with van der Waals surface area (Å²) in [4.78, 5) is 5.70. The number of nitrogens with zero attached hydrogens (tertiary/aromatic N) is 1. The molecule has 4 heteroatoms. The van der Waals surface area contributed by atoms with Gasteiger partial charge in [0.05, 0.1) is 5.01 Å². The summed E-state index contributed by atoms with van der Waals surface area (Å²) in [6, 6.07) is 8.93. The zero-order valence-corrected chi connectivity index (χ0v) is 13.2. The Morgan fingerprint density at radius 2 is 2.20 bits per heavy atom. The molecule has 1 aromatic carbocycles. The Hall–Kier alpha value is -0.900. The summed E-state index contributed by atoms with van der Waals surface area (Å²) in [5.74, 6) is 0.421. The predicted molar refractivity (Wildman–Crippen MR) is 85.8 cm³/mol. The van der Waals surface area contributed by atoms with Crippen LogP contribution in [0, 0.1) is 6.92 Å². The smallest absolute Gasteiger partial charge is 0.0896 e. The molecular weight excluding hydrogens is 288 g/mol. The number of aryl methyl sites for hydroxylation is 1. The molecule has 106 valence electrons. The maximum Gasteiger partial charge on any atom is 0.0896 e. The van der Waals surface area contributed by atoms with Crippen molar-refractivity contribution in [2.45, 2.75) is 38.1 Å². The van der Waals surface area contributed by atoms with Gasteiger partial charge >= 0.3 is 0 Å². The summed E-state index contributed by atoms with van der Waals surface area (Å²) in [6.07, 6.45) is 5.64. The highest BCUT2D eigenvalue weighted by Gasteiger charge is 2.23. The van der Waals surface area contributed by atoms with Crippen molar-refractivity contribution in [1.29, 1.82) is 0 Å². The summed E-state index contributed by atoms with van der Waals surface area (Å²) >= 11 is 8.17. The molecule has 0 amide bonds. The standard InChI is InChI=1S/C16H19ClN2S/c1-11-18-10-14(20-11)8-12(9-19-13-6-7-13)15-4-2-3-5-16(15)17/h2-5,10,12-13,19H,6-9H2,1H3. The zero-order chi connectivity index (χ0) is 13.9. The molecule has 1 unspecified atom stereocenters. The Kier molecular flexibility index (Phi) is 4.39. The van der Waals surface area contributed by atoms with E-state index >= 15 is 0 Å². The van der Waals surface area contributed by atoms with Crippen LogP contribution in [0.15, 0.2) is 30.5 Å². The second kappa shape index (κ2) is 6.25. The van der Waals surface area contributed by atoms with Crippen LogP contribution in [0.1, 0.15) is 34.2 Å². The van der Waals surface area contributed by atoms with Crippen LogP contribution in [0.4, 0.5) is 0 Å². The SMILES string of the molecule is Cc1ncc(CC(CNC2CC2)c2ccccc2Cl)s1. The van der Waals surface area contributed by atoms with Gasteiger partial charge in [-0.3, -0.25) is 0 Å². The highest BCUT2D eigenvalue weighted by Crippen LogP contribution is 2.30. The average molecular weight is 307 g/mol. The molecule has 1 saturated carbocycles. The third-order valence-corrected chi connectivity index (χ3v) is 4.97. The first kappa shape index (κ1) is 14.1. The minimum absolute atomic E-state index is 0.421. The van der Waals surface area contributed by atoms with E-state index in [0.29, 0.717) is 5.92 Å². The number of halogens is 1. The summed E-state index contributed by atoms with van der Waals surface area (Å²) in [5, 5.41) is 5.64. The fraction of sp³-hybridized carbons (Fsp3) is 0.438. The van der Waals surface area contributed by atoms with Crippen molar-refractivity contribution in [2.24, 2.45) is 0 Å². The molecule has 0 spiro atoms. The molecule has 1 atom stereocenters. The summed E-state index contributed by atoms with van der Waals surface area (Å²) < 4.78 is 0. The van der Waals surface area contributed by atoms with E-state index in [1.165, 1.54) is 23.3 Å². The maximum absolute atomic E-state index is 6.38. The molecular formula is C16H19ClN2S. The molecule has 2 aromatic rings. The van der Waals surface area contributed by atoms with E-state index in [4.69, 9.17) is 11.6 Å². The van der Waals surface area contributed by atoms with Gasteiger partial charge in [0.15, 0.2) is 0 Å². The molecule has 20 heavy (non-hydrogen) atoms. The van der Waals surface area contributed by atoms with Crippen LogP contribution in [0.3, 0.4) is 0 Å². The number of hydrogen-bond donors (Lipinski definition) is 1. The van der Waals surface area contributed by atoms with Crippen LogP contribution in [0.25, 0.3) is 0 Å². The normalized spacial score (nSPS) is 16.3. The zero-order valence-electron chi connectivity index (χ0n) is 11.6. The quantitative estimate of drug-likeness (QED) is 0.866. The first-order chi connectivity index (χ1) is 9.72. The van der Waals surface area contributed by atoms with E-state index < -0.39 is 0 Å². The van der Waals surface area contributed by atoms with Crippen LogP contribution in [0.5, 0.6) is 0 Å². The Morgan fingerprint density at radius 1 is 1.40 bits per heavy atom. The van der Waals surface area contributed by atoms with Gasteiger partial charge in [0.25, 0.3) is 0 Å². The Morgan fingerprint density at radius 3 is 2.85 bits per heavy atom. The van der Waals surface area contributed by atoms with E-state index in [-0.39, 0.29) is 0 Å². The molecule has 0 aliphatic heterocycles. The van der Waals surface area contributed by atoms with Crippen LogP contribution in [0.2, 0.25) is 5.02 Å². The number of nitrogens with one attached hydrogen (secondary N) is 1. The number of hydrogen-bond acceptors (Lipinski definition) is 3. The number of benzene rings is 1. The first-order valence-electron chi connectivity index (χ1n) is 7.11. The predicted octanol–water partition coefficient (Wildman–Crippen LogP) is 4.18. The maximum atomic E-state index is 6.38. The van der Waals surface area contributed by atoms with Crippen molar-refractivity contribution in [1.82, 2.24) is 10.3 Å². The van der Waals surface area contributed by atoms with Gasteiger partial charge < -0.3 is 5.32 Å².